The van der Waals surface area contributed by atoms with Crippen LogP contribution in [0.1, 0.15) is 29.5 Å². The number of nitrogens with zero attached hydrogens (tertiary/aromatic N) is 1. The van der Waals surface area contributed by atoms with Gasteiger partial charge in [-0.05, 0) is 49.3 Å². The Morgan fingerprint density at radius 2 is 1.68 bits per heavy atom. The first-order chi connectivity index (χ1) is 10.4. The van der Waals surface area contributed by atoms with E-state index < -0.39 is 8.07 Å². The number of hydrogen-bond acceptors (Lipinski definition) is 0. The van der Waals surface area contributed by atoms with Crippen molar-refractivity contribution in [2.45, 2.75) is 52.2 Å². The molecule has 0 spiro atoms. The quantitative estimate of drug-likeness (QED) is 0.585. The fourth-order valence-electron chi connectivity index (χ4n) is 3.61. The van der Waals surface area contributed by atoms with Crippen molar-refractivity contribution in [3.63, 3.8) is 0 Å². The van der Waals surface area contributed by atoms with Gasteiger partial charge in [-0.2, -0.15) is 0 Å². The number of aryl methyl sites for hydroxylation is 3. The van der Waals surface area contributed by atoms with Gasteiger partial charge in [0.25, 0.3) is 0 Å². The van der Waals surface area contributed by atoms with E-state index in [1.54, 1.807) is 11.1 Å². The SMILES string of the molecule is Cc1ccc2c(c1-c1ccc([Si](C)(C)C)c[n+]1C)CCCC2. The molecule has 1 aromatic heterocycles. The summed E-state index contributed by atoms with van der Waals surface area (Å²) in [5.74, 6) is 0. The first-order valence-corrected chi connectivity index (χ1v) is 12.0. The molecule has 1 aliphatic carbocycles. The van der Waals surface area contributed by atoms with E-state index >= 15 is 0 Å². The molecule has 0 saturated heterocycles. The highest BCUT2D eigenvalue weighted by Crippen LogP contribution is 2.32. The lowest BCUT2D eigenvalue weighted by Gasteiger charge is -2.21. The summed E-state index contributed by atoms with van der Waals surface area (Å²) in [4.78, 5) is 0. The highest BCUT2D eigenvalue weighted by atomic mass is 28.3. The first-order valence-electron chi connectivity index (χ1n) is 8.50. The number of fused-ring (bicyclic) bond motifs is 1. The van der Waals surface area contributed by atoms with Crippen molar-refractivity contribution in [3.05, 3.63) is 47.2 Å². The van der Waals surface area contributed by atoms with Gasteiger partial charge in [0.05, 0.1) is 13.6 Å². The lowest BCUT2D eigenvalue weighted by atomic mass is 9.85. The monoisotopic (exact) mass is 310 g/mol. The largest absolute Gasteiger partial charge is 0.212 e. The van der Waals surface area contributed by atoms with Crippen LogP contribution in [0.4, 0.5) is 0 Å². The molecule has 0 bridgehead atoms. The number of aromatic nitrogens is 1. The number of benzene rings is 1. The van der Waals surface area contributed by atoms with Crippen LogP contribution in [0.5, 0.6) is 0 Å². The molecule has 1 aromatic carbocycles. The van der Waals surface area contributed by atoms with Crippen molar-refractivity contribution in [1.29, 1.82) is 0 Å². The molecular formula is C20H28NSi+. The van der Waals surface area contributed by atoms with Crippen LogP contribution in [0.25, 0.3) is 11.3 Å². The van der Waals surface area contributed by atoms with Gasteiger partial charge in [0.15, 0.2) is 6.20 Å². The molecule has 0 radical (unpaired) electrons. The topological polar surface area (TPSA) is 3.88 Å². The van der Waals surface area contributed by atoms with E-state index in [-0.39, 0.29) is 0 Å². The van der Waals surface area contributed by atoms with Crippen molar-refractivity contribution < 1.29 is 4.57 Å². The number of rotatable bonds is 2. The summed E-state index contributed by atoms with van der Waals surface area (Å²) in [7, 11) is 0.957. The van der Waals surface area contributed by atoms with Crippen LogP contribution in [-0.4, -0.2) is 8.07 Å². The predicted octanol–water partition coefficient (Wildman–Crippen LogP) is 3.91. The second kappa shape index (κ2) is 5.66. The van der Waals surface area contributed by atoms with Crippen LogP contribution in [0.2, 0.25) is 19.6 Å². The van der Waals surface area contributed by atoms with Crippen LogP contribution in [0.3, 0.4) is 0 Å². The second-order valence-corrected chi connectivity index (χ2v) is 12.8. The normalized spacial score (nSPS) is 14.8. The average Bonchev–Trinajstić information content (AvgIpc) is 2.47. The van der Waals surface area contributed by atoms with Crippen molar-refractivity contribution in [3.8, 4) is 11.3 Å². The van der Waals surface area contributed by atoms with Gasteiger partial charge >= 0.3 is 0 Å². The van der Waals surface area contributed by atoms with E-state index in [0.29, 0.717) is 0 Å². The van der Waals surface area contributed by atoms with Gasteiger partial charge in [0.1, 0.15) is 7.05 Å². The molecule has 0 saturated carbocycles. The second-order valence-electron chi connectivity index (χ2n) is 7.77. The molecule has 116 valence electrons. The third-order valence-corrected chi connectivity index (χ3v) is 7.02. The summed E-state index contributed by atoms with van der Waals surface area (Å²) in [6, 6.07) is 9.38. The zero-order chi connectivity index (χ0) is 15.9. The van der Waals surface area contributed by atoms with E-state index in [1.807, 2.05) is 0 Å². The number of hydrogen-bond donors (Lipinski definition) is 0. The molecule has 0 atom stereocenters. The molecule has 1 aliphatic rings. The maximum Gasteiger partial charge on any atom is 0.212 e. The van der Waals surface area contributed by atoms with Crippen LogP contribution in [-0.2, 0) is 19.9 Å². The molecule has 1 heterocycles. The summed E-state index contributed by atoms with van der Waals surface area (Å²) in [5.41, 5.74) is 7.45. The van der Waals surface area contributed by atoms with Gasteiger partial charge in [-0.1, -0.05) is 37.8 Å². The Morgan fingerprint density at radius 1 is 0.955 bits per heavy atom. The lowest BCUT2D eigenvalue weighted by Crippen LogP contribution is -2.45. The highest BCUT2D eigenvalue weighted by Gasteiger charge is 2.24. The lowest BCUT2D eigenvalue weighted by molar-refractivity contribution is -0.659. The molecule has 22 heavy (non-hydrogen) atoms. The van der Waals surface area contributed by atoms with E-state index in [9.17, 15) is 0 Å². The number of pyridine rings is 1. The fourth-order valence-corrected chi connectivity index (χ4v) is 4.78. The zero-order valence-corrected chi connectivity index (χ0v) is 15.7. The van der Waals surface area contributed by atoms with Crippen molar-refractivity contribution >= 4 is 13.3 Å². The van der Waals surface area contributed by atoms with E-state index in [1.165, 1.54) is 47.7 Å². The molecule has 0 fully saturated rings. The van der Waals surface area contributed by atoms with Crippen molar-refractivity contribution in [2.24, 2.45) is 7.05 Å². The van der Waals surface area contributed by atoms with E-state index in [2.05, 4.69) is 68.6 Å². The van der Waals surface area contributed by atoms with Crippen LogP contribution >= 0.6 is 0 Å². The highest BCUT2D eigenvalue weighted by molar-refractivity contribution is 6.88. The minimum Gasteiger partial charge on any atom is -0.201 e. The summed E-state index contributed by atoms with van der Waals surface area (Å²) in [5, 5.41) is 1.53. The van der Waals surface area contributed by atoms with Gasteiger partial charge in [-0.3, -0.25) is 0 Å². The molecule has 2 heteroatoms. The Balaban J connectivity index is 2.16. The molecule has 0 amide bonds. The fraction of sp³-hybridized carbons (Fsp3) is 0.450. The van der Waals surface area contributed by atoms with Gasteiger partial charge in [0, 0.05) is 11.3 Å². The van der Waals surface area contributed by atoms with Gasteiger partial charge in [-0.25, -0.2) is 4.57 Å². The van der Waals surface area contributed by atoms with E-state index in [0.717, 1.165) is 0 Å². The molecule has 1 nitrogen and oxygen atoms in total. The molecule has 0 aliphatic heterocycles. The maximum atomic E-state index is 2.41. The Bertz CT molecular complexity index is 710. The maximum absolute atomic E-state index is 2.41. The Morgan fingerprint density at radius 3 is 2.36 bits per heavy atom. The van der Waals surface area contributed by atoms with E-state index in [4.69, 9.17) is 0 Å². The summed E-state index contributed by atoms with van der Waals surface area (Å²) in [6.07, 6.45) is 7.53. The summed E-state index contributed by atoms with van der Waals surface area (Å²) < 4.78 is 2.35. The zero-order valence-electron chi connectivity index (χ0n) is 14.7. The Hall–Kier alpha value is -1.41. The van der Waals surface area contributed by atoms with Gasteiger partial charge in [-0.15, -0.1) is 0 Å². The van der Waals surface area contributed by atoms with Crippen LogP contribution in [0.15, 0.2) is 30.5 Å². The van der Waals surface area contributed by atoms with Gasteiger partial charge in [0.2, 0.25) is 5.69 Å². The first kappa shape index (κ1) is 15.5. The molecular weight excluding hydrogens is 282 g/mol. The Kier molecular flexibility index (Phi) is 3.98. The molecule has 3 rings (SSSR count). The van der Waals surface area contributed by atoms with Crippen LogP contribution < -0.4 is 9.75 Å². The molecule has 0 N–H and O–H groups in total. The smallest absolute Gasteiger partial charge is 0.201 e. The van der Waals surface area contributed by atoms with Crippen LogP contribution in [0, 0.1) is 6.92 Å². The summed E-state index contributed by atoms with van der Waals surface area (Å²) >= 11 is 0. The minimum atomic E-state index is -1.25. The predicted molar refractivity (Wildman–Crippen MR) is 97.4 cm³/mol. The van der Waals surface area contributed by atoms with Crippen molar-refractivity contribution in [2.75, 3.05) is 0 Å². The van der Waals surface area contributed by atoms with Gasteiger partial charge < -0.3 is 0 Å². The molecule has 2 aromatic rings. The average molecular weight is 311 g/mol. The minimum absolute atomic E-state index is 1.24. The third-order valence-electron chi connectivity index (χ3n) is 5.00. The molecule has 0 unspecified atom stereocenters. The summed E-state index contributed by atoms with van der Waals surface area (Å²) in [6.45, 7) is 9.50. The van der Waals surface area contributed by atoms with Crippen molar-refractivity contribution in [1.82, 2.24) is 0 Å². The third kappa shape index (κ3) is 2.77. The standard InChI is InChI=1S/C20H28NSi/c1-15-10-11-16-8-6-7-9-18(16)20(15)19-13-12-17(14-21(19)2)22(3,4)5/h10-14H,6-9H2,1-5H3/q+1. The Labute approximate surface area is 136 Å².